The predicted octanol–water partition coefficient (Wildman–Crippen LogP) is 1.56. The largest absolute Gasteiger partial charge is 0.458 e. The molecule has 5 bridgehead atoms. The molecular formula is C28H30O9. The molecule has 11 atom stereocenters. The molecule has 37 heavy (non-hydrogen) atoms. The fraction of sp³-hybridized carbons (Fsp3) is 0.714. The molecular weight excluding hydrogens is 480 g/mol. The molecule has 2 spiro atoms. The van der Waals surface area contributed by atoms with Crippen LogP contribution in [0.15, 0.2) is 23.8 Å². The molecule has 0 aromatic rings. The maximum absolute atomic E-state index is 14.8. The zero-order valence-electron chi connectivity index (χ0n) is 21.1. The van der Waals surface area contributed by atoms with Gasteiger partial charge in [-0.1, -0.05) is 24.6 Å². The molecule has 0 amide bonds. The van der Waals surface area contributed by atoms with Gasteiger partial charge in [0.2, 0.25) is 5.79 Å². The highest BCUT2D eigenvalue weighted by Gasteiger charge is 2.93. The van der Waals surface area contributed by atoms with Crippen LogP contribution < -0.4 is 0 Å². The van der Waals surface area contributed by atoms with E-state index in [1.807, 2.05) is 26.0 Å². The Bertz CT molecular complexity index is 1300. The highest BCUT2D eigenvalue weighted by atomic mass is 16.8. The number of carbonyl (C=O) groups excluding carboxylic acids is 4. The first kappa shape index (κ1) is 22.6. The van der Waals surface area contributed by atoms with Gasteiger partial charge in [0.1, 0.15) is 6.10 Å². The normalized spacial score (nSPS) is 58.5. The molecule has 1 saturated carbocycles. The first-order valence-corrected chi connectivity index (χ1v) is 13.4. The van der Waals surface area contributed by atoms with Crippen LogP contribution in [0.5, 0.6) is 0 Å². The number of carbonyl (C=O) groups is 4. The number of Topliss-reactive ketones (excluding diaryl/α,β-unsaturated/α-hetero) is 1. The quantitative estimate of drug-likeness (QED) is 0.382. The lowest BCUT2D eigenvalue weighted by Crippen LogP contribution is -2.79. The van der Waals surface area contributed by atoms with Gasteiger partial charge in [0, 0.05) is 5.92 Å². The van der Waals surface area contributed by atoms with Gasteiger partial charge in [-0.2, -0.15) is 0 Å². The van der Waals surface area contributed by atoms with E-state index in [2.05, 4.69) is 0 Å². The van der Waals surface area contributed by atoms with E-state index in [1.165, 1.54) is 0 Å². The van der Waals surface area contributed by atoms with Crippen LogP contribution >= 0.6 is 0 Å². The van der Waals surface area contributed by atoms with E-state index in [0.717, 1.165) is 5.57 Å². The van der Waals surface area contributed by atoms with Gasteiger partial charge in [-0.3, -0.25) is 14.4 Å². The fourth-order valence-electron chi connectivity index (χ4n) is 10.0. The number of aliphatic hydroxyl groups is 1. The third-order valence-corrected chi connectivity index (χ3v) is 12.0. The maximum Gasteiger partial charge on any atom is 0.342 e. The van der Waals surface area contributed by atoms with E-state index < -0.39 is 75.1 Å². The summed E-state index contributed by atoms with van der Waals surface area (Å²) in [5.41, 5.74) is -6.43. The van der Waals surface area contributed by atoms with Gasteiger partial charge in [0.25, 0.3) is 0 Å². The number of allylic oxidation sites excluding steroid dienone is 4. The Morgan fingerprint density at radius 3 is 2.65 bits per heavy atom. The zero-order chi connectivity index (χ0) is 26.0. The van der Waals surface area contributed by atoms with Crippen LogP contribution in [-0.2, 0) is 38.1 Å². The van der Waals surface area contributed by atoms with Crippen molar-refractivity contribution < 1.29 is 43.2 Å². The average Bonchev–Trinajstić information content (AvgIpc) is 3.16. The topological polar surface area (TPSA) is 125 Å². The van der Waals surface area contributed by atoms with Crippen molar-refractivity contribution in [1.29, 1.82) is 0 Å². The smallest absolute Gasteiger partial charge is 0.342 e. The van der Waals surface area contributed by atoms with Crippen molar-refractivity contribution in [3.8, 4) is 0 Å². The molecule has 9 heteroatoms. The summed E-state index contributed by atoms with van der Waals surface area (Å²) in [5.74, 6) is -6.36. The Hall–Kier alpha value is -2.36. The van der Waals surface area contributed by atoms with Crippen LogP contribution in [0.1, 0.15) is 52.9 Å². The van der Waals surface area contributed by atoms with Gasteiger partial charge in [0.15, 0.2) is 28.4 Å². The van der Waals surface area contributed by atoms with Crippen molar-refractivity contribution in [3.05, 3.63) is 23.8 Å². The predicted molar refractivity (Wildman–Crippen MR) is 122 cm³/mol. The highest BCUT2D eigenvalue weighted by Crippen LogP contribution is 2.75. The molecule has 5 aliphatic heterocycles. The Balaban J connectivity index is 1.43. The zero-order valence-corrected chi connectivity index (χ0v) is 21.1. The lowest BCUT2D eigenvalue weighted by Gasteiger charge is -2.63. The minimum Gasteiger partial charge on any atom is -0.458 e. The van der Waals surface area contributed by atoms with Gasteiger partial charge in [-0.25, -0.2) is 4.79 Å². The summed E-state index contributed by atoms with van der Waals surface area (Å²) >= 11 is 0. The lowest BCUT2D eigenvalue weighted by molar-refractivity contribution is -0.374. The van der Waals surface area contributed by atoms with Crippen molar-refractivity contribution in [2.24, 2.45) is 34.5 Å². The molecule has 3 aliphatic carbocycles. The number of fused-ring (bicyclic) bond motifs is 5. The van der Waals surface area contributed by atoms with Crippen molar-refractivity contribution >= 4 is 23.5 Å². The molecule has 0 aromatic carbocycles. The maximum atomic E-state index is 14.8. The molecule has 8 rings (SSSR count). The number of ether oxygens (including phenoxy) is 4. The van der Waals surface area contributed by atoms with Crippen LogP contribution in [0.2, 0.25) is 0 Å². The van der Waals surface area contributed by atoms with Crippen LogP contribution in [0.4, 0.5) is 0 Å². The Morgan fingerprint density at radius 2 is 1.86 bits per heavy atom. The van der Waals surface area contributed by atoms with Crippen LogP contribution in [0.25, 0.3) is 0 Å². The van der Waals surface area contributed by atoms with Gasteiger partial charge in [-0.05, 0) is 63.4 Å². The highest BCUT2D eigenvalue weighted by molar-refractivity contribution is 6.01. The Labute approximate surface area is 213 Å². The average molecular weight is 511 g/mol. The number of ketones is 2. The molecule has 5 heterocycles. The number of hydrogen-bond acceptors (Lipinski definition) is 9. The molecule has 0 unspecified atom stereocenters. The molecule has 1 N–H and O–H groups in total. The molecule has 0 aromatic heterocycles. The third-order valence-electron chi connectivity index (χ3n) is 12.0. The van der Waals surface area contributed by atoms with Gasteiger partial charge in [-0.15, -0.1) is 0 Å². The molecule has 8 aliphatic rings. The van der Waals surface area contributed by atoms with Crippen molar-refractivity contribution in [2.75, 3.05) is 6.61 Å². The summed E-state index contributed by atoms with van der Waals surface area (Å²) in [6.45, 7) is 5.29. The minimum atomic E-state index is -2.17. The van der Waals surface area contributed by atoms with E-state index in [9.17, 15) is 24.3 Å². The van der Waals surface area contributed by atoms with Crippen molar-refractivity contribution in [1.82, 2.24) is 0 Å². The van der Waals surface area contributed by atoms with Crippen LogP contribution in [0.3, 0.4) is 0 Å². The van der Waals surface area contributed by atoms with E-state index in [1.54, 1.807) is 13.0 Å². The summed E-state index contributed by atoms with van der Waals surface area (Å²) < 4.78 is 25.1. The van der Waals surface area contributed by atoms with Crippen molar-refractivity contribution in [3.63, 3.8) is 0 Å². The third kappa shape index (κ3) is 1.97. The molecule has 196 valence electrons. The van der Waals surface area contributed by atoms with E-state index in [-0.39, 0.29) is 24.6 Å². The summed E-state index contributed by atoms with van der Waals surface area (Å²) in [7, 11) is 0. The summed E-state index contributed by atoms with van der Waals surface area (Å²) in [6.07, 6.45) is 6.24. The van der Waals surface area contributed by atoms with E-state index in [0.29, 0.717) is 25.7 Å². The summed E-state index contributed by atoms with van der Waals surface area (Å²) in [4.78, 5) is 55.2. The Kier molecular flexibility index (Phi) is 3.73. The molecule has 9 nitrogen and oxygen atoms in total. The minimum absolute atomic E-state index is 0.0380. The van der Waals surface area contributed by atoms with Crippen molar-refractivity contribution in [2.45, 2.75) is 81.6 Å². The Morgan fingerprint density at radius 1 is 1.08 bits per heavy atom. The van der Waals surface area contributed by atoms with Gasteiger partial charge in [0.05, 0.1) is 23.9 Å². The number of hydrogen-bond donors (Lipinski definition) is 1. The summed E-state index contributed by atoms with van der Waals surface area (Å²) in [5, 5.41) is 12.4. The standard InChI is InChI=1S/C28H30O9/c1-23-11-18-25(3)28-19(23)20(30)27(37-28,34-12-16(23)21(31)35-18)15-8-7-13-5-4-6-17(29)24(13,2)14(15)9-10-26(28,33)22(32)36-25/h4,6-7,14-16,18-19,33H,5,8-12H2,1-3H3/t14-,15+,16-,18+,19-,23+,24-,25-,26+,27+,28-/m0/s1. The second kappa shape index (κ2) is 6.10. The second-order valence-corrected chi connectivity index (χ2v) is 13.0. The number of esters is 2. The fourth-order valence-corrected chi connectivity index (χ4v) is 10.0. The first-order chi connectivity index (χ1) is 17.4. The van der Waals surface area contributed by atoms with E-state index in [4.69, 9.17) is 18.9 Å². The number of rotatable bonds is 0. The molecule has 0 radical (unpaired) electrons. The monoisotopic (exact) mass is 510 g/mol. The van der Waals surface area contributed by atoms with Gasteiger partial charge >= 0.3 is 11.9 Å². The lowest BCUT2D eigenvalue weighted by atomic mass is 9.46. The van der Waals surface area contributed by atoms with Crippen LogP contribution in [0, 0.1) is 34.5 Å². The van der Waals surface area contributed by atoms with Crippen LogP contribution in [-0.4, -0.2) is 63.9 Å². The second-order valence-electron chi connectivity index (χ2n) is 13.0. The summed E-state index contributed by atoms with van der Waals surface area (Å²) in [6, 6.07) is 0. The molecule has 5 saturated heterocycles. The first-order valence-electron chi connectivity index (χ1n) is 13.4. The SMILES string of the molecule is C[C@]12C(=O)C=CCC1=CC[C@@H]1[C@@H]2CC[C@@]2(O)C(=O)O[C@@]3(C)[C@H]4C[C@]5(C)[C@@H](CO[C@@]16O[C@]23[C@H]5C6=O)C(=O)O4. The van der Waals surface area contributed by atoms with Gasteiger partial charge < -0.3 is 24.1 Å². The molecule has 6 fully saturated rings. The van der Waals surface area contributed by atoms with E-state index >= 15 is 0 Å².